The highest BCUT2D eigenvalue weighted by molar-refractivity contribution is 6.07. The summed E-state index contributed by atoms with van der Waals surface area (Å²) in [6.07, 6.45) is 1.80. The smallest absolute Gasteiger partial charge is 0.156 e. The highest BCUT2D eigenvalue weighted by atomic mass is 16.3. The Morgan fingerprint density at radius 3 is 2.96 bits per heavy atom. The van der Waals surface area contributed by atoms with Gasteiger partial charge in [-0.1, -0.05) is 18.2 Å². The zero-order valence-corrected chi connectivity index (χ0v) is 13.0. The molecular formula is C17H17N5O. The number of nitrogens with zero attached hydrogens (tertiary/aromatic N) is 3. The van der Waals surface area contributed by atoms with Gasteiger partial charge in [0.05, 0.1) is 18.5 Å². The molecule has 1 aromatic carbocycles. The van der Waals surface area contributed by atoms with Crippen LogP contribution in [0.25, 0.3) is 33.3 Å². The van der Waals surface area contributed by atoms with Crippen LogP contribution in [0.2, 0.25) is 0 Å². The highest BCUT2D eigenvalue weighted by Crippen LogP contribution is 2.31. The summed E-state index contributed by atoms with van der Waals surface area (Å²) in [4.78, 5) is 12.4. The lowest BCUT2D eigenvalue weighted by atomic mass is 10.1. The quantitative estimate of drug-likeness (QED) is 0.544. The lowest BCUT2D eigenvalue weighted by Gasteiger charge is -2.02. The van der Waals surface area contributed by atoms with E-state index in [0.29, 0.717) is 0 Å². The number of aromatic amines is 1. The van der Waals surface area contributed by atoms with Gasteiger partial charge in [-0.3, -0.25) is 0 Å². The normalized spacial score (nSPS) is 11.4. The van der Waals surface area contributed by atoms with Gasteiger partial charge in [0.2, 0.25) is 0 Å². The SMILES string of the molecule is CNc1nc2[nH]c(-c3cccc(CO)c3)cc2c2c1ncn2C. The van der Waals surface area contributed by atoms with Gasteiger partial charge in [-0.05, 0) is 23.3 Å². The van der Waals surface area contributed by atoms with Gasteiger partial charge in [-0.2, -0.15) is 0 Å². The number of nitrogens with one attached hydrogen (secondary N) is 2. The van der Waals surface area contributed by atoms with Gasteiger partial charge in [-0.25, -0.2) is 9.97 Å². The zero-order valence-electron chi connectivity index (χ0n) is 13.0. The summed E-state index contributed by atoms with van der Waals surface area (Å²) >= 11 is 0. The van der Waals surface area contributed by atoms with Crippen LogP contribution in [0.4, 0.5) is 5.82 Å². The van der Waals surface area contributed by atoms with Crippen LogP contribution in [0.15, 0.2) is 36.7 Å². The van der Waals surface area contributed by atoms with Crippen LogP contribution in [0, 0.1) is 0 Å². The van der Waals surface area contributed by atoms with E-state index in [1.807, 2.05) is 42.9 Å². The molecule has 116 valence electrons. The number of anilines is 1. The number of rotatable bonds is 3. The Morgan fingerprint density at radius 2 is 2.17 bits per heavy atom. The summed E-state index contributed by atoms with van der Waals surface area (Å²) in [7, 11) is 3.82. The number of H-pyrrole nitrogens is 1. The molecule has 0 fully saturated rings. The van der Waals surface area contributed by atoms with E-state index in [2.05, 4.69) is 26.3 Å². The Hall–Kier alpha value is -2.86. The standard InChI is InChI=1S/C17H17N5O/c1-18-17-14-15(22(2)9-19-14)12-7-13(20-16(12)21-17)11-5-3-4-10(6-11)8-23/h3-7,9,23H,8H2,1-2H3,(H2,18,20,21). The molecule has 6 nitrogen and oxygen atoms in total. The lowest BCUT2D eigenvalue weighted by molar-refractivity contribution is 0.282. The first-order chi connectivity index (χ1) is 11.2. The maximum atomic E-state index is 9.32. The number of aliphatic hydroxyl groups excluding tert-OH is 1. The van der Waals surface area contributed by atoms with E-state index in [9.17, 15) is 5.11 Å². The molecule has 4 aromatic rings. The molecule has 3 N–H and O–H groups in total. The van der Waals surface area contributed by atoms with Crippen LogP contribution in [-0.4, -0.2) is 31.7 Å². The average molecular weight is 307 g/mol. The molecule has 0 bridgehead atoms. The van der Waals surface area contributed by atoms with Crippen molar-refractivity contribution in [2.24, 2.45) is 7.05 Å². The van der Waals surface area contributed by atoms with Gasteiger partial charge >= 0.3 is 0 Å². The third-order valence-corrected chi connectivity index (χ3v) is 4.09. The van der Waals surface area contributed by atoms with Gasteiger partial charge in [0, 0.05) is 25.2 Å². The lowest BCUT2D eigenvalue weighted by Crippen LogP contribution is -1.95. The van der Waals surface area contributed by atoms with E-state index < -0.39 is 0 Å². The van der Waals surface area contributed by atoms with Gasteiger partial charge < -0.3 is 20.0 Å². The maximum absolute atomic E-state index is 9.32. The molecule has 0 aliphatic carbocycles. The Bertz CT molecular complexity index is 1010. The molecule has 23 heavy (non-hydrogen) atoms. The second-order valence-electron chi connectivity index (χ2n) is 5.57. The van der Waals surface area contributed by atoms with Crippen molar-refractivity contribution in [3.63, 3.8) is 0 Å². The molecule has 0 aliphatic heterocycles. The van der Waals surface area contributed by atoms with Crippen molar-refractivity contribution in [1.29, 1.82) is 0 Å². The summed E-state index contributed by atoms with van der Waals surface area (Å²) in [5.74, 6) is 0.755. The van der Waals surface area contributed by atoms with E-state index in [1.54, 1.807) is 6.33 Å². The number of imidazole rings is 1. The molecule has 0 saturated carbocycles. The summed E-state index contributed by atoms with van der Waals surface area (Å²) in [6, 6.07) is 9.93. The fraction of sp³-hybridized carbons (Fsp3) is 0.176. The number of aromatic nitrogens is 4. The largest absolute Gasteiger partial charge is 0.392 e. The molecule has 0 saturated heterocycles. The van der Waals surface area contributed by atoms with E-state index in [0.717, 1.165) is 44.7 Å². The molecule has 0 unspecified atom stereocenters. The number of benzene rings is 1. The average Bonchev–Trinajstić information content (AvgIpc) is 3.17. The number of aryl methyl sites for hydroxylation is 1. The van der Waals surface area contributed by atoms with Crippen molar-refractivity contribution in [3.05, 3.63) is 42.2 Å². The van der Waals surface area contributed by atoms with Gasteiger partial charge in [0.15, 0.2) is 5.82 Å². The first-order valence-corrected chi connectivity index (χ1v) is 7.43. The number of hydrogen-bond acceptors (Lipinski definition) is 4. The third kappa shape index (κ3) is 2.07. The highest BCUT2D eigenvalue weighted by Gasteiger charge is 2.15. The third-order valence-electron chi connectivity index (χ3n) is 4.09. The molecule has 6 heteroatoms. The molecule has 3 aromatic heterocycles. The van der Waals surface area contributed by atoms with Gasteiger partial charge in [0.1, 0.15) is 11.2 Å². The van der Waals surface area contributed by atoms with E-state index in [4.69, 9.17) is 0 Å². The Balaban J connectivity index is 2.00. The van der Waals surface area contributed by atoms with Crippen molar-refractivity contribution < 1.29 is 5.11 Å². The molecule has 0 amide bonds. The second kappa shape index (κ2) is 5.10. The van der Waals surface area contributed by atoms with Crippen LogP contribution >= 0.6 is 0 Å². The van der Waals surface area contributed by atoms with Crippen molar-refractivity contribution >= 4 is 27.9 Å². The van der Waals surface area contributed by atoms with Gasteiger partial charge in [-0.15, -0.1) is 0 Å². The van der Waals surface area contributed by atoms with Crippen LogP contribution in [0.5, 0.6) is 0 Å². The fourth-order valence-electron chi connectivity index (χ4n) is 2.97. The minimum absolute atomic E-state index is 0.0300. The molecule has 0 atom stereocenters. The van der Waals surface area contributed by atoms with Crippen molar-refractivity contribution in [3.8, 4) is 11.3 Å². The molecule has 0 aliphatic rings. The van der Waals surface area contributed by atoms with E-state index >= 15 is 0 Å². The molecule has 4 rings (SSSR count). The Morgan fingerprint density at radius 1 is 1.30 bits per heavy atom. The van der Waals surface area contributed by atoms with E-state index in [1.165, 1.54) is 0 Å². The summed E-state index contributed by atoms with van der Waals surface area (Å²) in [5, 5.41) is 13.5. The minimum atomic E-state index is 0.0300. The Labute approximate surface area is 132 Å². The maximum Gasteiger partial charge on any atom is 0.156 e. The first kappa shape index (κ1) is 13.8. The first-order valence-electron chi connectivity index (χ1n) is 7.43. The van der Waals surface area contributed by atoms with Crippen molar-refractivity contribution in [2.45, 2.75) is 6.61 Å². The van der Waals surface area contributed by atoms with Crippen LogP contribution in [0.1, 0.15) is 5.56 Å². The molecule has 0 spiro atoms. The van der Waals surface area contributed by atoms with E-state index in [-0.39, 0.29) is 6.61 Å². The van der Waals surface area contributed by atoms with Crippen LogP contribution < -0.4 is 5.32 Å². The Kier molecular flexibility index (Phi) is 3.06. The number of fused-ring (bicyclic) bond motifs is 3. The molecule has 3 heterocycles. The molecular weight excluding hydrogens is 290 g/mol. The fourth-order valence-corrected chi connectivity index (χ4v) is 2.97. The number of pyridine rings is 1. The summed E-state index contributed by atoms with van der Waals surface area (Å²) in [5.41, 5.74) is 5.59. The summed E-state index contributed by atoms with van der Waals surface area (Å²) in [6.45, 7) is 0.0300. The monoisotopic (exact) mass is 307 g/mol. The zero-order chi connectivity index (χ0) is 16.0. The van der Waals surface area contributed by atoms with Crippen molar-refractivity contribution in [1.82, 2.24) is 19.5 Å². The second-order valence-corrected chi connectivity index (χ2v) is 5.57. The predicted molar refractivity (Wildman–Crippen MR) is 91.3 cm³/mol. The number of hydrogen-bond donors (Lipinski definition) is 3. The predicted octanol–water partition coefficient (Wildman–Crippen LogP) is 2.65. The topological polar surface area (TPSA) is 78.8 Å². The summed E-state index contributed by atoms with van der Waals surface area (Å²) < 4.78 is 2.00. The minimum Gasteiger partial charge on any atom is -0.392 e. The van der Waals surface area contributed by atoms with Crippen molar-refractivity contribution in [2.75, 3.05) is 12.4 Å². The molecule has 0 radical (unpaired) electrons. The van der Waals surface area contributed by atoms with Gasteiger partial charge in [0.25, 0.3) is 0 Å². The van der Waals surface area contributed by atoms with Crippen LogP contribution in [0.3, 0.4) is 0 Å². The van der Waals surface area contributed by atoms with Crippen LogP contribution in [-0.2, 0) is 13.7 Å². The number of aliphatic hydroxyl groups is 1.